The monoisotopic (exact) mass is 299 g/mol. The van der Waals surface area contributed by atoms with Crippen LogP contribution in [-0.4, -0.2) is 29.1 Å². The average Bonchev–Trinajstić information content (AvgIpc) is 3.02. The van der Waals surface area contributed by atoms with Crippen LogP contribution < -0.4 is 10.2 Å². The number of pyridine rings is 1. The van der Waals surface area contributed by atoms with Gasteiger partial charge in [-0.25, -0.2) is 4.98 Å². The number of rotatable bonds is 3. The Kier molecular flexibility index (Phi) is 4.10. The van der Waals surface area contributed by atoms with Crippen molar-refractivity contribution in [2.45, 2.75) is 6.92 Å². The summed E-state index contributed by atoms with van der Waals surface area (Å²) in [5, 5.41) is 2.93. The van der Waals surface area contributed by atoms with Crippen LogP contribution in [0.25, 0.3) is 0 Å². The minimum Gasteiger partial charge on any atom is -0.346 e. The molecule has 3 rings (SSSR count). The number of hydrogen-bond donors (Lipinski definition) is 1. The lowest BCUT2D eigenvalue weighted by molar-refractivity contribution is 0.102. The van der Waals surface area contributed by atoms with E-state index in [4.69, 9.17) is 0 Å². The van der Waals surface area contributed by atoms with Gasteiger partial charge in [-0.05, 0) is 31.2 Å². The summed E-state index contributed by atoms with van der Waals surface area (Å²) in [4.78, 5) is 19.3. The minimum atomic E-state index is -0.111. The Balaban J connectivity index is 1.88. The first-order chi connectivity index (χ1) is 10.2. The summed E-state index contributed by atoms with van der Waals surface area (Å²) in [7, 11) is 0. The SMILES string of the molecule is Cc1ccc(C(=O)Nc2ccccc2)c(N2CCSC2)n1. The van der Waals surface area contributed by atoms with Gasteiger partial charge in [0.1, 0.15) is 5.82 Å². The Morgan fingerprint density at radius 2 is 2.05 bits per heavy atom. The smallest absolute Gasteiger partial charge is 0.259 e. The summed E-state index contributed by atoms with van der Waals surface area (Å²) in [6.45, 7) is 2.89. The van der Waals surface area contributed by atoms with Crippen LogP contribution in [0.1, 0.15) is 16.1 Å². The van der Waals surface area contributed by atoms with Crippen LogP contribution in [0.15, 0.2) is 42.5 Å². The Bertz CT molecular complexity index is 639. The van der Waals surface area contributed by atoms with Gasteiger partial charge in [-0.1, -0.05) is 18.2 Å². The lowest BCUT2D eigenvalue weighted by Crippen LogP contribution is -2.24. The molecular weight excluding hydrogens is 282 g/mol. The number of para-hydroxylation sites is 1. The number of carbonyl (C=O) groups is 1. The fourth-order valence-electron chi connectivity index (χ4n) is 2.26. The van der Waals surface area contributed by atoms with Crippen LogP contribution in [0.5, 0.6) is 0 Å². The van der Waals surface area contributed by atoms with E-state index in [2.05, 4.69) is 15.2 Å². The number of nitrogens with one attached hydrogen (secondary N) is 1. The molecule has 1 aromatic heterocycles. The summed E-state index contributed by atoms with van der Waals surface area (Å²) in [6, 6.07) is 13.2. The maximum Gasteiger partial charge on any atom is 0.259 e. The number of anilines is 2. The van der Waals surface area contributed by atoms with E-state index in [1.165, 1.54) is 0 Å². The highest BCUT2D eigenvalue weighted by Crippen LogP contribution is 2.25. The van der Waals surface area contributed by atoms with Crippen molar-refractivity contribution in [3.05, 3.63) is 53.7 Å². The second-order valence-electron chi connectivity index (χ2n) is 4.94. The summed E-state index contributed by atoms with van der Waals surface area (Å²) >= 11 is 1.86. The molecule has 108 valence electrons. The average molecular weight is 299 g/mol. The van der Waals surface area contributed by atoms with Crippen molar-refractivity contribution in [2.75, 3.05) is 28.4 Å². The van der Waals surface area contributed by atoms with E-state index in [1.54, 1.807) is 0 Å². The Morgan fingerprint density at radius 3 is 2.76 bits per heavy atom. The number of nitrogens with zero attached hydrogens (tertiary/aromatic N) is 2. The van der Waals surface area contributed by atoms with Crippen LogP contribution in [0.2, 0.25) is 0 Å². The number of amides is 1. The second-order valence-corrected chi connectivity index (χ2v) is 6.02. The molecule has 5 heteroatoms. The van der Waals surface area contributed by atoms with Crippen LogP contribution in [0.4, 0.5) is 11.5 Å². The predicted octanol–water partition coefficient (Wildman–Crippen LogP) is 3.15. The summed E-state index contributed by atoms with van der Waals surface area (Å²) in [5.41, 5.74) is 2.36. The van der Waals surface area contributed by atoms with Crippen molar-refractivity contribution in [1.29, 1.82) is 0 Å². The third-order valence-electron chi connectivity index (χ3n) is 3.34. The second kappa shape index (κ2) is 6.18. The fraction of sp³-hybridized carbons (Fsp3) is 0.250. The van der Waals surface area contributed by atoms with Gasteiger partial charge in [-0.2, -0.15) is 0 Å². The molecule has 21 heavy (non-hydrogen) atoms. The van der Waals surface area contributed by atoms with Crippen LogP contribution in [0, 0.1) is 6.92 Å². The first-order valence-electron chi connectivity index (χ1n) is 6.91. The van der Waals surface area contributed by atoms with Gasteiger partial charge in [0, 0.05) is 23.7 Å². The molecule has 1 amide bonds. The number of aryl methyl sites for hydroxylation is 1. The van der Waals surface area contributed by atoms with E-state index >= 15 is 0 Å². The van der Waals surface area contributed by atoms with E-state index in [-0.39, 0.29) is 5.91 Å². The zero-order chi connectivity index (χ0) is 14.7. The highest BCUT2D eigenvalue weighted by atomic mass is 32.2. The lowest BCUT2D eigenvalue weighted by Gasteiger charge is -2.19. The van der Waals surface area contributed by atoms with Gasteiger partial charge < -0.3 is 10.2 Å². The van der Waals surface area contributed by atoms with E-state index in [9.17, 15) is 4.79 Å². The molecule has 0 spiro atoms. The molecule has 0 saturated carbocycles. The molecular formula is C16H17N3OS. The molecule has 2 aromatic rings. The molecule has 1 fully saturated rings. The quantitative estimate of drug-likeness (QED) is 0.945. The number of benzene rings is 1. The standard InChI is InChI=1S/C16H17N3OS/c1-12-7-8-14(15(17-12)19-9-10-21-11-19)16(20)18-13-5-3-2-4-6-13/h2-8H,9-11H2,1H3,(H,18,20). The minimum absolute atomic E-state index is 0.111. The molecule has 0 unspecified atom stereocenters. The summed E-state index contributed by atoms with van der Waals surface area (Å²) < 4.78 is 0. The van der Waals surface area contributed by atoms with E-state index < -0.39 is 0 Å². The topological polar surface area (TPSA) is 45.2 Å². The zero-order valence-corrected chi connectivity index (χ0v) is 12.7. The molecule has 1 N–H and O–H groups in total. The van der Waals surface area contributed by atoms with Crippen molar-refractivity contribution in [1.82, 2.24) is 4.98 Å². The number of carbonyl (C=O) groups excluding carboxylic acids is 1. The molecule has 1 aliphatic heterocycles. The van der Waals surface area contributed by atoms with Crippen molar-refractivity contribution in [3.8, 4) is 0 Å². The Morgan fingerprint density at radius 1 is 1.24 bits per heavy atom. The molecule has 0 aliphatic carbocycles. The highest BCUT2D eigenvalue weighted by molar-refractivity contribution is 7.99. The third kappa shape index (κ3) is 3.19. The molecule has 0 atom stereocenters. The van der Waals surface area contributed by atoms with Gasteiger partial charge in [0.25, 0.3) is 5.91 Å². The normalized spacial score (nSPS) is 14.2. The van der Waals surface area contributed by atoms with Gasteiger partial charge in [-0.3, -0.25) is 4.79 Å². The Labute approximate surface area is 128 Å². The van der Waals surface area contributed by atoms with Gasteiger partial charge in [0.15, 0.2) is 0 Å². The molecule has 0 radical (unpaired) electrons. The molecule has 2 heterocycles. The number of aromatic nitrogens is 1. The van der Waals surface area contributed by atoms with Crippen LogP contribution in [-0.2, 0) is 0 Å². The Hall–Kier alpha value is -2.01. The molecule has 1 aromatic carbocycles. The van der Waals surface area contributed by atoms with Gasteiger partial charge >= 0.3 is 0 Å². The molecule has 1 aliphatic rings. The lowest BCUT2D eigenvalue weighted by atomic mass is 10.2. The van der Waals surface area contributed by atoms with Gasteiger partial charge in [0.2, 0.25) is 0 Å². The summed E-state index contributed by atoms with van der Waals surface area (Å²) in [6.07, 6.45) is 0. The molecule has 0 bridgehead atoms. The van der Waals surface area contributed by atoms with Crippen molar-refractivity contribution in [2.24, 2.45) is 0 Å². The van der Waals surface area contributed by atoms with E-state index in [1.807, 2.05) is 61.2 Å². The van der Waals surface area contributed by atoms with Crippen LogP contribution >= 0.6 is 11.8 Å². The first-order valence-corrected chi connectivity index (χ1v) is 8.06. The maximum atomic E-state index is 12.5. The van der Waals surface area contributed by atoms with Crippen molar-refractivity contribution in [3.63, 3.8) is 0 Å². The van der Waals surface area contributed by atoms with E-state index in [0.717, 1.165) is 35.4 Å². The van der Waals surface area contributed by atoms with Crippen LogP contribution in [0.3, 0.4) is 0 Å². The van der Waals surface area contributed by atoms with Gasteiger partial charge in [0.05, 0.1) is 11.4 Å². The predicted molar refractivity (Wildman–Crippen MR) is 88.0 cm³/mol. The maximum absolute atomic E-state index is 12.5. The third-order valence-corrected chi connectivity index (χ3v) is 4.31. The zero-order valence-electron chi connectivity index (χ0n) is 11.9. The van der Waals surface area contributed by atoms with Crippen molar-refractivity contribution < 1.29 is 4.79 Å². The molecule has 1 saturated heterocycles. The van der Waals surface area contributed by atoms with Gasteiger partial charge in [-0.15, -0.1) is 11.8 Å². The van der Waals surface area contributed by atoms with E-state index in [0.29, 0.717) is 5.56 Å². The largest absolute Gasteiger partial charge is 0.346 e. The fourth-order valence-corrected chi connectivity index (χ4v) is 3.21. The number of hydrogen-bond acceptors (Lipinski definition) is 4. The highest BCUT2D eigenvalue weighted by Gasteiger charge is 2.21. The number of thioether (sulfide) groups is 1. The first kappa shape index (κ1) is 13.9. The van der Waals surface area contributed by atoms with Crippen molar-refractivity contribution >= 4 is 29.2 Å². The summed E-state index contributed by atoms with van der Waals surface area (Å²) in [5.74, 6) is 2.64. The molecule has 4 nitrogen and oxygen atoms in total.